The van der Waals surface area contributed by atoms with E-state index in [0.29, 0.717) is 10.7 Å². The number of carbonyl (C=O) groups excluding carboxylic acids is 2. The molecule has 0 aliphatic rings. The quantitative estimate of drug-likeness (QED) is 0.265. The molecular formula is C25H16Cl2F3N3O3. The number of hydrogen-bond acceptors (Lipinski definition) is 4. The molecule has 6 nitrogen and oxygen atoms in total. The zero-order chi connectivity index (χ0) is 26.3. The van der Waals surface area contributed by atoms with Crippen molar-refractivity contribution in [1.82, 2.24) is 0 Å². The van der Waals surface area contributed by atoms with Crippen molar-refractivity contribution in [3.05, 3.63) is 93.5 Å². The van der Waals surface area contributed by atoms with E-state index in [-0.39, 0.29) is 22.0 Å². The highest BCUT2D eigenvalue weighted by atomic mass is 35.5. The van der Waals surface area contributed by atoms with Crippen molar-refractivity contribution in [3.8, 4) is 11.8 Å². The van der Waals surface area contributed by atoms with Gasteiger partial charge in [-0.2, -0.15) is 18.4 Å². The molecule has 184 valence electrons. The molecule has 36 heavy (non-hydrogen) atoms. The van der Waals surface area contributed by atoms with E-state index in [2.05, 4.69) is 10.6 Å². The molecule has 0 saturated heterocycles. The van der Waals surface area contributed by atoms with Crippen LogP contribution in [0, 0.1) is 11.3 Å². The maximum atomic E-state index is 12.9. The predicted molar refractivity (Wildman–Crippen MR) is 131 cm³/mol. The summed E-state index contributed by atoms with van der Waals surface area (Å²) in [5.74, 6) is -1.28. The third-order valence-electron chi connectivity index (χ3n) is 4.57. The van der Waals surface area contributed by atoms with Gasteiger partial charge in [-0.3, -0.25) is 9.59 Å². The second-order valence-electron chi connectivity index (χ2n) is 7.23. The summed E-state index contributed by atoms with van der Waals surface area (Å²) in [4.78, 5) is 24.8. The number of ether oxygens (including phenoxy) is 1. The normalized spacial score (nSPS) is 11.4. The minimum atomic E-state index is -4.60. The highest BCUT2D eigenvalue weighted by molar-refractivity contribution is 6.31. The number of carbonyl (C=O) groups is 2. The number of amides is 2. The van der Waals surface area contributed by atoms with Crippen LogP contribution in [0.3, 0.4) is 0 Å². The van der Waals surface area contributed by atoms with Crippen LogP contribution in [-0.4, -0.2) is 18.4 Å². The molecule has 0 atom stereocenters. The van der Waals surface area contributed by atoms with Crippen molar-refractivity contribution >= 4 is 52.5 Å². The van der Waals surface area contributed by atoms with E-state index in [0.717, 1.165) is 24.3 Å². The molecule has 3 aromatic carbocycles. The molecule has 0 aliphatic carbocycles. The molecule has 0 heterocycles. The molecule has 0 bridgehead atoms. The Hall–Kier alpha value is -4.00. The summed E-state index contributed by atoms with van der Waals surface area (Å²) in [7, 11) is 0. The van der Waals surface area contributed by atoms with Crippen molar-refractivity contribution in [2.24, 2.45) is 0 Å². The van der Waals surface area contributed by atoms with Gasteiger partial charge in [-0.05, 0) is 66.7 Å². The van der Waals surface area contributed by atoms with Gasteiger partial charge in [0.15, 0.2) is 6.61 Å². The lowest BCUT2D eigenvalue weighted by atomic mass is 10.1. The molecule has 0 unspecified atom stereocenters. The Morgan fingerprint density at radius 2 is 1.64 bits per heavy atom. The molecule has 0 radical (unpaired) electrons. The average Bonchev–Trinajstić information content (AvgIpc) is 2.83. The first-order chi connectivity index (χ1) is 17.0. The second kappa shape index (κ2) is 11.6. The highest BCUT2D eigenvalue weighted by Gasteiger charge is 2.30. The van der Waals surface area contributed by atoms with Gasteiger partial charge in [-0.25, -0.2) is 0 Å². The van der Waals surface area contributed by atoms with Gasteiger partial charge in [0.1, 0.15) is 17.4 Å². The third kappa shape index (κ3) is 7.50. The van der Waals surface area contributed by atoms with Crippen molar-refractivity contribution in [2.75, 3.05) is 17.2 Å². The number of alkyl halides is 3. The van der Waals surface area contributed by atoms with Crippen LogP contribution in [0.25, 0.3) is 6.08 Å². The largest absolute Gasteiger partial charge is 0.483 e. The molecule has 3 rings (SSSR count). The van der Waals surface area contributed by atoms with E-state index < -0.39 is 35.7 Å². The molecule has 2 N–H and O–H groups in total. The van der Waals surface area contributed by atoms with Crippen LogP contribution in [-0.2, 0) is 15.8 Å². The first-order valence-corrected chi connectivity index (χ1v) is 10.9. The second-order valence-corrected chi connectivity index (χ2v) is 8.10. The van der Waals surface area contributed by atoms with Crippen LogP contribution < -0.4 is 15.4 Å². The number of benzene rings is 3. The third-order valence-corrected chi connectivity index (χ3v) is 5.06. The van der Waals surface area contributed by atoms with Crippen molar-refractivity contribution in [2.45, 2.75) is 6.18 Å². The molecule has 2 amide bonds. The minimum absolute atomic E-state index is 0.141. The summed E-state index contributed by atoms with van der Waals surface area (Å²) in [6.45, 7) is -0.399. The summed E-state index contributed by atoms with van der Waals surface area (Å²) in [6, 6.07) is 16.5. The molecule has 0 saturated carbocycles. The number of rotatable bonds is 7. The number of nitriles is 1. The number of nitrogens with one attached hydrogen (secondary N) is 2. The van der Waals surface area contributed by atoms with Gasteiger partial charge in [-0.1, -0.05) is 29.3 Å². The van der Waals surface area contributed by atoms with Crippen LogP contribution in [0.2, 0.25) is 10.0 Å². The monoisotopic (exact) mass is 533 g/mol. The summed E-state index contributed by atoms with van der Waals surface area (Å²) >= 11 is 11.8. The van der Waals surface area contributed by atoms with Gasteiger partial charge in [0.25, 0.3) is 11.8 Å². The van der Waals surface area contributed by atoms with Crippen LogP contribution in [0.15, 0.2) is 72.3 Å². The summed E-state index contributed by atoms with van der Waals surface area (Å²) in [5, 5.41) is 15.1. The number of nitrogens with zero attached hydrogens (tertiary/aromatic N) is 1. The molecule has 0 aromatic heterocycles. The Morgan fingerprint density at radius 1 is 0.944 bits per heavy atom. The standard InChI is InChI=1S/C25H16Cl2F3N3O3/c26-18-4-7-20(8-5-18)32-23(34)14-36-22-9-6-19(27)11-15(22)10-16(13-31)24(35)33-21-3-1-2-17(12-21)25(28,29)30/h1-12H,14H2,(H,32,34)(H,33,35)/b16-10+. The average molecular weight is 534 g/mol. The van der Waals surface area contributed by atoms with Gasteiger partial charge in [-0.15, -0.1) is 0 Å². The Bertz CT molecular complexity index is 1350. The predicted octanol–water partition coefficient (Wildman–Crippen LogP) is 6.58. The van der Waals surface area contributed by atoms with Crippen molar-refractivity contribution in [1.29, 1.82) is 5.26 Å². The van der Waals surface area contributed by atoms with Crippen molar-refractivity contribution < 1.29 is 27.5 Å². The Balaban J connectivity index is 1.75. The SMILES string of the molecule is N#C/C(=C\c1cc(Cl)ccc1OCC(=O)Nc1ccc(Cl)cc1)C(=O)Nc1cccc(C(F)(F)F)c1. The smallest absolute Gasteiger partial charge is 0.416 e. The number of hydrogen-bond donors (Lipinski definition) is 2. The fourth-order valence-electron chi connectivity index (χ4n) is 2.91. The van der Waals surface area contributed by atoms with E-state index in [4.69, 9.17) is 27.9 Å². The van der Waals surface area contributed by atoms with E-state index in [1.807, 2.05) is 0 Å². The van der Waals surface area contributed by atoms with Crippen LogP contribution in [0.1, 0.15) is 11.1 Å². The van der Waals surface area contributed by atoms with Gasteiger partial charge >= 0.3 is 6.18 Å². The van der Waals surface area contributed by atoms with Crippen LogP contribution in [0.4, 0.5) is 24.5 Å². The Labute approximate surface area is 213 Å². The van der Waals surface area contributed by atoms with E-state index in [1.54, 1.807) is 30.3 Å². The minimum Gasteiger partial charge on any atom is -0.483 e. The fourth-order valence-corrected chi connectivity index (χ4v) is 3.22. The first kappa shape index (κ1) is 26.6. The van der Waals surface area contributed by atoms with Gasteiger partial charge in [0.05, 0.1) is 5.56 Å². The molecule has 3 aromatic rings. The molecule has 11 heteroatoms. The van der Waals surface area contributed by atoms with Gasteiger partial charge in [0, 0.05) is 27.0 Å². The lowest BCUT2D eigenvalue weighted by molar-refractivity contribution is -0.137. The molecule has 0 spiro atoms. The first-order valence-electron chi connectivity index (χ1n) is 10.1. The maximum absolute atomic E-state index is 12.9. The fraction of sp³-hybridized carbons (Fsp3) is 0.0800. The molecule has 0 aliphatic heterocycles. The molecule has 0 fully saturated rings. The Kier molecular flexibility index (Phi) is 8.59. The summed E-state index contributed by atoms with van der Waals surface area (Å²) in [5.41, 5.74) is -0.812. The zero-order valence-electron chi connectivity index (χ0n) is 18.2. The topological polar surface area (TPSA) is 91.2 Å². The van der Waals surface area contributed by atoms with Crippen LogP contribution >= 0.6 is 23.2 Å². The zero-order valence-corrected chi connectivity index (χ0v) is 19.7. The maximum Gasteiger partial charge on any atom is 0.416 e. The van der Waals surface area contributed by atoms with Gasteiger partial charge < -0.3 is 15.4 Å². The molecular weight excluding hydrogens is 518 g/mol. The lowest BCUT2D eigenvalue weighted by Gasteiger charge is -2.11. The van der Waals surface area contributed by atoms with Gasteiger partial charge in [0.2, 0.25) is 0 Å². The Morgan fingerprint density at radius 3 is 2.31 bits per heavy atom. The van der Waals surface area contributed by atoms with Crippen molar-refractivity contribution in [3.63, 3.8) is 0 Å². The number of halogens is 5. The van der Waals surface area contributed by atoms with E-state index >= 15 is 0 Å². The van der Waals surface area contributed by atoms with E-state index in [1.165, 1.54) is 24.3 Å². The van der Waals surface area contributed by atoms with Crippen LogP contribution in [0.5, 0.6) is 5.75 Å². The van der Waals surface area contributed by atoms with E-state index in [9.17, 15) is 28.0 Å². The summed E-state index contributed by atoms with van der Waals surface area (Å²) < 4.78 is 44.3. The summed E-state index contributed by atoms with van der Waals surface area (Å²) in [6.07, 6.45) is -3.44. The highest BCUT2D eigenvalue weighted by Crippen LogP contribution is 2.31. The number of anilines is 2. The lowest BCUT2D eigenvalue weighted by Crippen LogP contribution is -2.20.